The molecule has 0 amide bonds. The largest absolute Gasteiger partial charge is 0.331 e. The van der Waals surface area contributed by atoms with E-state index in [1.54, 1.807) is 0 Å². The Hall–Kier alpha value is -3.20. The van der Waals surface area contributed by atoms with Crippen LogP contribution in [0.1, 0.15) is 41.9 Å². The number of pyridine rings is 1. The summed E-state index contributed by atoms with van der Waals surface area (Å²) in [6, 6.07) is 17.1. The third-order valence-electron chi connectivity index (χ3n) is 6.04. The van der Waals surface area contributed by atoms with Crippen LogP contribution in [-0.2, 0) is 19.9 Å². The van der Waals surface area contributed by atoms with Crippen LogP contribution in [0.2, 0.25) is 0 Å². The van der Waals surface area contributed by atoms with Crippen LogP contribution < -0.4 is 0 Å². The van der Waals surface area contributed by atoms with Gasteiger partial charge in [-0.2, -0.15) is 0 Å². The van der Waals surface area contributed by atoms with Crippen LogP contribution in [-0.4, -0.2) is 14.5 Å². The van der Waals surface area contributed by atoms with Crippen LogP contribution >= 0.6 is 0 Å². The van der Waals surface area contributed by atoms with Crippen LogP contribution in [0.4, 0.5) is 0 Å². The van der Waals surface area contributed by atoms with Crippen LogP contribution in [0, 0.1) is 0 Å². The van der Waals surface area contributed by atoms with Gasteiger partial charge in [-0.1, -0.05) is 61.6 Å². The number of fused-ring (bicyclic) bond motifs is 4. The molecule has 0 saturated carbocycles. The van der Waals surface area contributed by atoms with Crippen LogP contribution in [0.25, 0.3) is 28.0 Å². The van der Waals surface area contributed by atoms with Gasteiger partial charge in [0.1, 0.15) is 5.82 Å². The van der Waals surface area contributed by atoms with Crippen molar-refractivity contribution in [3.05, 3.63) is 89.4 Å². The van der Waals surface area contributed by atoms with Gasteiger partial charge < -0.3 is 4.57 Å². The van der Waals surface area contributed by atoms with Gasteiger partial charge in [-0.3, -0.25) is 4.98 Å². The highest BCUT2D eigenvalue weighted by molar-refractivity contribution is 5.88. The normalized spacial score (nSPS) is 15.7. The lowest BCUT2D eigenvalue weighted by atomic mass is 9.92. The van der Waals surface area contributed by atoms with Crippen molar-refractivity contribution in [3.63, 3.8) is 0 Å². The summed E-state index contributed by atoms with van der Waals surface area (Å²) in [5.74, 6) is 1.57. The molecule has 0 radical (unpaired) electrons. The second kappa shape index (κ2) is 7.32. The average Bonchev–Trinajstić information content (AvgIpc) is 2.94. The summed E-state index contributed by atoms with van der Waals surface area (Å²) in [4.78, 5) is 9.89. The first-order chi connectivity index (χ1) is 14.2. The quantitative estimate of drug-likeness (QED) is 0.436. The fourth-order valence-electron chi connectivity index (χ4n) is 4.36. The van der Waals surface area contributed by atoms with Gasteiger partial charge in [-0.15, -0.1) is 0 Å². The number of hydrogen-bond donors (Lipinski definition) is 0. The Morgan fingerprint density at radius 1 is 0.931 bits per heavy atom. The summed E-state index contributed by atoms with van der Waals surface area (Å²) in [5, 5.41) is 1.19. The Bertz CT molecular complexity index is 1260. The Morgan fingerprint density at radius 3 is 2.72 bits per heavy atom. The van der Waals surface area contributed by atoms with Crippen molar-refractivity contribution in [2.24, 2.45) is 7.05 Å². The molecule has 2 heterocycles. The molecule has 0 N–H and O–H groups in total. The smallest absolute Gasteiger partial charge is 0.110 e. The van der Waals surface area contributed by atoms with Crippen LogP contribution in [0.15, 0.2) is 66.8 Å². The van der Waals surface area contributed by atoms with Crippen LogP contribution in [0.3, 0.4) is 0 Å². The van der Waals surface area contributed by atoms with Crippen LogP contribution in [0.5, 0.6) is 0 Å². The van der Waals surface area contributed by atoms with Gasteiger partial charge in [0, 0.05) is 36.0 Å². The van der Waals surface area contributed by atoms with Gasteiger partial charge in [-0.25, -0.2) is 4.98 Å². The second-order valence-electron chi connectivity index (χ2n) is 7.78. The molecule has 144 valence electrons. The predicted molar refractivity (Wildman–Crippen MR) is 121 cm³/mol. The van der Waals surface area contributed by atoms with Crippen molar-refractivity contribution >= 4 is 28.0 Å². The molecular formula is C26H25N3. The van der Waals surface area contributed by atoms with E-state index < -0.39 is 0 Å². The average molecular weight is 380 g/mol. The highest BCUT2D eigenvalue weighted by Gasteiger charge is 2.18. The summed E-state index contributed by atoms with van der Waals surface area (Å²) < 4.78 is 2.24. The second-order valence-corrected chi connectivity index (χ2v) is 7.78. The number of para-hydroxylation sites is 1. The number of benzene rings is 2. The van der Waals surface area contributed by atoms with Crippen molar-refractivity contribution in [1.82, 2.24) is 14.5 Å². The lowest BCUT2D eigenvalue weighted by molar-refractivity contribution is 0.778. The number of nitrogens with zero attached hydrogens (tertiary/aromatic N) is 3. The maximum Gasteiger partial charge on any atom is 0.110 e. The zero-order valence-corrected chi connectivity index (χ0v) is 17.0. The van der Waals surface area contributed by atoms with Crippen molar-refractivity contribution in [1.29, 1.82) is 0 Å². The molecule has 0 bridgehead atoms. The van der Waals surface area contributed by atoms with Gasteiger partial charge in [-0.05, 0) is 36.6 Å². The number of rotatable bonds is 4. The highest BCUT2D eigenvalue weighted by atomic mass is 15.1. The summed E-state index contributed by atoms with van der Waals surface area (Å²) in [6.07, 6.45) is 11.7. The number of aromatic nitrogens is 3. The fraction of sp³-hybridized carbons (Fsp3) is 0.231. The first-order valence-electron chi connectivity index (χ1n) is 10.4. The van der Waals surface area contributed by atoms with E-state index in [9.17, 15) is 0 Å². The third kappa shape index (κ3) is 3.17. The minimum absolute atomic E-state index is 0.455. The first kappa shape index (κ1) is 17.9. The molecule has 1 unspecified atom stereocenters. The predicted octanol–water partition coefficient (Wildman–Crippen LogP) is 5.98. The molecule has 29 heavy (non-hydrogen) atoms. The van der Waals surface area contributed by atoms with Gasteiger partial charge in [0.05, 0.1) is 16.6 Å². The van der Waals surface area contributed by atoms with E-state index in [0.717, 1.165) is 41.8 Å². The lowest BCUT2D eigenvalue weighted by Crippen LogP contribution is -2.01. The number of imidazole rings is 1. The molecule has 0 saturated heterocycles. The molecule has 1 aliphatic rings. The zero-order valence-electron chi connectivity index (χ0n) is 17.0. The van der Waals surface area contributed by atoms with E-state index in [4.69, 9.17) is 9.97 Å². The molecule has 1 aliphatic carbocycles. The molecule has 3 heteroatoms. The maximum atomic E-state index is 5.07. The maximum absolute atomic E-state index is 5.07. The molecular weight excluding hydrogens is 354 g/mol. The Balaban J connectivity index is 1.49. The van der Waals surface area contributed by atoms with E-state index in [0.29, 0.717) is 5.92 Å². The fourth-order valence-corrected chi connectivity index (χ4v) is 4.36. The van der Waals surface area contributed by atoms with Gasteiger partial charge in [0.2, 0.25) is 0 Å². The van der Waals surface area contributed by atoms with Crippen molar-refractivity contribution in [2.75, 3.05) is 0 Å². The standard InChI is InChI=1S/C26H25N3/c1-3-18-8-4-6-10-22-21(18)15-16-24-26(22)28-25(29(24)2)17-14-20-13-12-19-9-5-7-11-23(19)27-20/h4-13,15-16,18H,3,14,17H2,1-2H3. The SMILES string of the molecule is CCC1C=CC=Cc2c1ccc1c2nc(CCc2ccc3ccccc3n2)n1C. The topological polar surface area (TPSA) is 30.7 Å². The van der Waals surface area contributed by atoms with Gasteiger partial charge in [0.25, 0.3) is 0 Å². The molecule has 1 atom stereocenters. The molecule has 0 fully saturated rings. The summed E-state index contributed by atoms with van der Waals surface area (Å²) in [5.41, 5.74) is 7.14. The van der Waals surface area contributed by atoms with Gasteiger partial charge >= 0.3 is 0 Å². The Labute approximate surface area is 171 Å². The Kier molecular flexibility index (Phi) is 4.51. The van der Waals surface area contributed by atoms with E-state index in [2.05, 4.69) is 85.3 Å². The highest BCUT2D eigenvalue weighted by Crippen LogP contribution is 2.33. The summed E-state index contributed by atoms with van der Waals surface area (Å²) in [7, 11) is 2.13. The number of hydrogen-bond acceptors (Lipinski definition) is 2. The number of aryl methyl sites for hydroxylation is 3. The summed E-state index contributed by atoms with van der Waals surface area (Å²) >= 11 is 0. The summed E-state index contributed by atoms with van der Waals surface area (Å²) in [6.45, 7) is 2.24. The minimum Gasteiger partial charge on any atom is -0.331 e. The molecule has 5 rings (SSSR count). The van der Waals surface area contributed by atoms with Gasteiger partial charge in [0.15, 0.2) is 0 Å². The molecule has 4 aromatic rings. The van der Waals surface area contributed by atoms with Crippen molar-refractivity contribution in [2.45, 2.75) is 32.1 Å². The van der Waals surface area contributed by atoms with E-state index in [1.807, 2.05) is 6.07 Å². The molecule has 2 aromatic carbocycles. The van der Waals surface area contributed by atoms with E-state index in [-0.39, 0.29) is 0 Å². The third-order valence-corrected chi connectivity index (χ3v) is 6.04. The Morgan fingerprint density at radius 2 is 1.83 bits per heavy atom. The van der Waals surface area contributed by atoms with Crippen molar-refractivity contribution in [3.8, 4) is 0 Å². The molecule has 3 nitrogen and oxygen atoms in total. The number of allylic oxidation sites excluding steroid dienone is 3. The molecule has 0 aliphatic heterocycles. The molecule has 0 spiro atoms. The monoisotopic (exact) mass is 379 g/mol. The lowest BCUT2D eigenvalue weighted by Gasteiger charge is -2.13. The van der Waals surface area contributed by atoms with Crippen molar-refractivity contribution < 1.29 is 0 Å². The zero-order chi connectivity index (χ0) is 19.8. The molecule has 2 aromatic heterocycles. The van der Waals surface area contributed by atoms with E-state index in [1.165, 1.54) is 22.0 Å². The van der Waals surface area contributed by atoms with E-state index >= 15 is 0 Å². The minimum atomic E-state index is 0.455. The first-order valence-corrected chi connectivity index (χ1v) is 10.4.